The predicted molar refractivity (Wildman–Crippen MR) is 72.5 cm³/mol. The number of aliphatic hydroxyl groups excluding tert-OH is 2. The van der Waals surface area contributed by atoms with Crippen LogP contribution in [0.25, 0.3) is 0 Å². The van der Waals surface area contributed by atoms with Crippen LogP contribution in [0.1, 0.15) is 52.9 Å². The lowest BCUT2D eigenvalue weighted by Crippen LogP contribution is -2.62. The molecular weight excluding hydrogens is 244 g/mol. The van der Waals surface area contributed by atoms with Gasteiger partial charge in [0, 0.05) is 11.8 Å². The Morgan fingerprint density at radius 2 is 1.84 bits per heavy atom. The molecule has 0 radical (unpaired) electrons. The van der Waals surface area contributed by atoms with E-state index in [2.05, 4.69) is 6.92 Å². The Morgan fingerprint density at radius 1 is 1.21 bits per heavy atom. The van der Waals surface area contributed by atoms with E-state index >= 15 is 0 Å². The molecule has 0 saturated heterocycles. The van der Waals surface area contributed by atoms with E-state index in [1.807, 2.05) is 0 Å². The van der Waals surface area contributed by atoms with Gasteiger partial charge in [-0.15, -0.1) is 0 Å². The van der Waals surface area contributed by atoms with Crippen molar-refractivity contribution in [2.45, 2.75) is 70.2 Å². The fourth-order valence-electron chi connectivity index (χ4n) is 4.66. The molecule has 0 spiro atoms. The first-order valence-corrected chi connectivity index (χ1v) is 7.38. The van der Waals surface area contributed by atoms with Crippen LogP contribution in [0, 0.1) is 17.3 Å². The monoisotopic (exact) mass is 272 g/mol. The zero-order chi connectivity index (χ0) is 14.5. The SMILES string of the molecule is C[C@]12CCC[C@@](C)(O)[C@@H]1[C@@H](O)[C@H]([C@](C)(O)CO)CC2. The van der Waals surface area contributed by atoms with Gasteiger partial charge < -0.3 is 20.4 Å². The summed E-state index contributed by atoms with van der Waals surface area (Å²) in [5.74, 6) is -0.606. The number of fused-ring (bicyclic) bond motifs is 1. The molecular formula is C15H28O4. The van der Waals surface area contributed by atoms with Crippen LogP contribution in [-0.2, 0) is 0 Å². The lowest BCUT2D eigenvalue weighted by molar-refractivity contribution is -0.210. The molecule has 0 heterocycles. The maximum atomic E-state index is 10.7. The molecule has 2 rings (SSSR count). The molecule has 2 saturated carbocycles. The Labute approximate surface area is 115 Å². The van der Waals surface area contributed by atoms with E-state index in [1.165, 1.54) is 0 Å². The number of rotatable bonds is 2. The molecule has 112 valence electrons. The zero-order valence-corrected chi connectivity index (χ0v) is 12.3. The summed E-state index contributed by atoms with van der Waals surface area (Å²) in [6.07, 6.45) is 3.49. The van der Waals surface area contributed by atoms with Crippen LogP contribution in [0.2, 0.25) is 0 Å². The molecule has 4 nitrogen and oxygen atoms in total. The molecule has 6 atom stereocenters. The van der Waals surface area contributed by atoms with E-state index in [1.54, 1.807) is 13.8 Å². The third kappa shape index (κ3) is 2.44. The van der Waals surface area contributed by atoms with Gasteiger partial charge in [-0.3, -0.25) is 0 Å². The summed E-state index contributed by atoms with van der Waals surface area (Å²) < 4.78 is 0. The quantitative estimate of drug-likeness (QED) is 0.606. The van der Waals surface area contributed by atoms with Gasteiger partial charge in [-0.1, -0.05) is 13.3 Å². The van der Waals surface area contributed by atoms with Crippen molar-refractivity contribution in [3.8, 4) is 0 Å². The highest BCUT2D eigenvalue weighted by atomic mass is 16.3. The van der Waals surface area contributed by atoms with E-state index < -0.39 is 17.3 Å². The molecule has 0 aliphatic heterocycles. The third-order valence-electron chi connectivity index (χ3n) is 5.75. The standard InChI is InChI=1S/C15H28O4/c1-13-6-4-7-14(2,18)12(13)11(17)10(5-8-13)15(3,19)9-16/h10-12,16-19H,4-9H2,1-3H3/t10-,11+,12-,13-,14-,15-/m1/s1. The second kappa shape index (κ2) is 4.69. The van der Waals surface area contributed by atoms with Gasteiger partial charge in [-0.25, -0.2) is 0 Å². The Kier molecular flexibility index (Phi) is 3.76. The summed E-state index contributed by atoms with van der Waals surface area (Å²) in [7, 11) is 0. The van der Waals surface area contributed by atoms with Crippen LogP contribution in [0.3, 0.4) is 0 Å². The van der Waals surface area contributed by atoms with Gasteiger partial charge >= 0.3 is 0 Å². The van der Waals surface area contributed by atoms with Crippen LogP contribution < -0.4 is 0 Å². The molecule has 0 aromatic carbocycles. The summed E-state index contributed by atoms with van der Waals surface area (Å²) >= 11 is 0. The average Bonchev–Trinajstić information content (AvgIpc) is 2.26. The van der Waals surface area contributed by atoms with Gasteiger partial charge in [0.2, 0.25) is 0 Å². The molecule has 19 heavy (non-hydrogen) atoms. The minimum absolute atomic E-state index is 0.0663. The van der Waals surface area contributed by atoms with Gasteiger partial charge in [-0.05, 0) is 44.9 Å². The van der Waals surface area contributed by atoms with Crippen molar-refractivity contribution >= 4 is 0 Å². The second-order valence-corrected chi connectivity index (χ2v) is 7.49. The molecule has 2 aliphatic carbocycles. The summed E-state index contributed by atoms with van der Waals surface area (Å²) in [6.45, 7) is 5.15. The third-order valence-corrected chi connectivity index (χ3v) is 5.75. The fraction of sp³-hybridized carbons (Fsp3) is 1.00. The first-order valence-electron chi connectivity index (χ1n) is 7.38. The molecule has 4 heteroatoms. The van der Waals surface area contributed by atoms with E-state index in [0.717, 1.165) is 19.3 Å². The first kappa shape index (κ1) is 15.2. The van der Waals surface area contributed by atoms with Crippen LogP contribution >= 0.6 is 0 Å². The maximum absolute atomic E-state index is 10.7. The lowest BCUT2D eigenvalue weighted by Gasteiger charge is -2.58. The molecule has 0 aromatic heterocycles. The van der Waals surface area contributed by atoms with Gasteiger partial charge in [0.25, 0.3) is 0 Å². The predicted octanol–water partition coefficient (Wildman–Crippen LogP) is 1.06. The highest BCUT2D eigenvalue weighted by Gasteiger charge is 2.57. The van der Waals surface area contributed by atoms with Gasteiger partial charge in [0.05, 0.1) is 23.9 Å². The van der Waals surface area contributed by atoms with Gasteiger partial charge in [0.1, 0.15) is 0 Å². The van der Waals surface area contributed by atoms with E-state index in [4.69, 9.17) is 0 Å². The number of hydrogen-bond acceptors (Lipinski definition) is 4. The van der Waals surface area contributed by atoms with Crippen molar-refractivity contribution in [2.75, 3.05) is 6.61 Å². The Hall–Kier alpha value is -0.160. The van der Waals surface area contributed by atoms with Crippen molar-refractivity contribution < 1.29 is 20.4 Å². The Morgan fingerprint density at radius 3 is 2.42 bits per heavy atom. The molecule has 4 N–H and O–H groups in total. The van der Waals surface area contributed by atoms with Crippen molar-refractivity contribution in [3.63, 3.8) is 0 Å². The lowest BCUT2D eigenvalue weighted by atomic mass is 9.51. The van der Waals surface area contributed by atoms with Crippen molar-refractivity contribution in [1.29, 1.82) is 0 Å². The van der Waals surface area contributed by atoms with Crippen molar-refractivity contribution in [2.24, 2.45) is 17.3 Å². The van der Waals surface area contributed by atoms with E-state index in [-0.39, 0.29) is 23.9 Å². The van der Waals surface area contributed by atoms with Crippen LogP contribution in [0.4, 0.5) is 0 Å². The normalized spacial score (nSPS) is 50.4. The zero-order valence-electron chi connectivity index (χ0n) is 12.3. The minimum Gasteiger partial charge on any atom is -0.393 e. The maximum Gasteiger partial charge on any atom is 0.0902 e. The van der Waals surface area contributed by atoms with E-state index in [9.17, 15) is 20.4 Å². The molecule has 0 unspecified atom stereocenters. The smallest absolute Gasteiger partial charge is 0.0902 e. The molecule has 0 aromatic rings. The highest BCUT2D eigenvalue weighted by Crippen LogP contribution is 2.56. The summed E-state index contributed by atoms with van der Waals surface area (Å²) in [4.78, 5) is 0. The second-order valence-electron chi connectivity index (χ2n) is 7.49. The van der Waals surface area contributed by atoms with Gasteiger partial charge in [0.15, 0.2) is 0 Å². The topological polar surface area (TPSA) is 80.9 Å². The summed E-state index contributed by atoms with van der Waals surface area (Å²) in [5, 5.41) is 41.0. The highest BCUT2D eigenvalue weighted by molar-refractivity contribution is 5.07. The molecule has 0 bridgehead atoms. The molecule has 2 fully saturated rings. The molecule has 2 aliphatic rings. The van der Waals surface area contributed by atoms with Crippen LogP contribution in [-0.4, -0.2) is 44.3 Å². The van der Waals surface area contributed by atoms with Gasteiger partial charge in [-0.2, -0.15) is 0 Å². The Bertz CT molecular complexity index is 339. The minimum atomic E-state index is -1.28. The largest absolute Gasteiger partial charge is 0.393 e. The van der Waals surface area contributed by atoms with E-state index in [0.29, 0.717) is 12.8 Å². The van der Waals surface area contributed by atoms with Crippen molar-refractivity contribution in [3.05, 3.63) is 0 Å². The fourth-order valence-corrected chi connectivity index (χ4v) is 4.66. The van der Waals surface area contributed by atoms with Crippen molar-refractivity contribution in [1.82, 2.24) is 0 Å². The first-order chi connectivity index (χ1) is 8.64. The van der Waals surface area contributed by atoms with Crippen LogP contribution in [0.5, 0.6) is 0 Å². The molecule has 0 amide bonds. The average molecular weight is 272 g/mol. The summed E-state index contributed by atoms with van der Waals surface area (Å²) in [5.41, 5.74) is -2.24. The van der Waals surface area contributed by atoms with Crippen LogP contribution in [0.15, 0.2) is 0 Å². The number of hydrogen-bond donors (Lipinski definition) is 4. The Balaban J connectivity index is 2.31. The summed E-state index contributed by atoms with van der Waals surface area (Å²) in [6, 6.07) is 0. The number of aliphatic hydroxyl groups is 4.